The summed E-state index contributed by atoms with van der Waals surface area (Å²) in [6.07, 6.45) is 0.171. The van der Waals surface area contributed by atoms with Crippen LogP contribution in [0.5, 0.6) is 0 Å². The van der Waals surface area contributed by atoms with Gasteiger partial charge in [0.05, 0.1) is 23.5 Å². The SMILES string of the molecule is CC(=O)N(c1nc(COC(=O)Cc2c(C)nn(C)c2C)cs1)c1cccc(C)c1C. The molecule has 0 saturated heterocycles. The Morgan fingerprint density at radius 3 is 2.57 bits per heavy atom. The molecule has 30 heavy (non-hydrogen) atoms. The minimum atomic E-state index is -0.332. The third-order valence-electron chi connectivity index (χ3n) is 5.22. The molecule has 1 aromatic carbocycles. The Bertz CT molecular complexity index is 1100. The van der Waals surface area contributed by atoms with Gasteiger partial charge in [0.2, 0.25) is 5.91 Å². The van der Waals surface area contributed by atoms with Gasteiger partial charge in [0.25, 0.3) is 0 Å². The number of aryl methyl sites for hydroxylation is 3. The smallest absolute Gasteiger partial charge is 0.310 e. The summed E-state index contributed by atoms with van der Waals surface area (Å²) < 4.78 is 7.18. The van der Waals surface area contributed by atoms with Crippen LogP contribution in [0.25, 0.3) is 0 Å². The summed E-state index contributed by atoms with van der Waals surface area (Å²) in [5.74, 6) is -0.453. The van der Waals surface area contributed by atoms with Crippen molar-refractivity contribution in [2.24, 2.45) is 7.05 Å². The minimum absolute atomic E-state index is 0.0617. The number of rotatable bonds is 6. The number of thiazole rings is 1. The Morgan fingerprint density at radius 2 is 1.93 bits per heavy atom. The molecule has 0 aliphatic carbocycles. The van der Waals surface area contributed by atoms with Crippen LogP contribution in [0, 0.1) is 27.7 Å². The van der Waals surface area contributed by atoms with Crippen LogP contribution in [-0.4, -0.2) is 26.6 Å². The molecule has 0 radical (unpaired) electrons. The van der Waals surface area contributed by atoms with E-state index in [0.717, 1.165) is 33.8 Å². The second kappa shape index (κ2) is 8.79. The van der Waals surface area contributed by atoms with Crippen molar-refractivity contribution < 1.29 is 14.3 Å². The standard InChI is InChI=1S/C22H26N4O3S/c1-13-8-7-9-20(14(13)2)26(17(5)27)22-23-18(12-30-22)11-29-21(28)10-19-15(3)24-25(6)16(19)4/h7-9,12H,10-11H2,1-6H3. The van der Waals surface area contributed by atoms with Crippen molar-refractivity contribution in [1.82, 2.24) is 14.8 Å². The topological polar surface area (TPSA) is 77.3 Å². The van der Waals surface area contributed by atoms with Gasteiger partial charge in [-0.3, -0.25) is 19.2 Å². The molecule has 7 nitrogen and oxygen atoms in total. The number of benzene rings is 1. The van der Waals surface area contributed by atoms with E-state index in [4.69, 9.17) is 4.74 Å². The van der Waals surface area contributed by atoms with E-state index in [1.807, 2.05) is 58.3 Å². The van der Waals surface area contributed by atoms with E-state index in [9.17, 15) is 9.59 Å². The van der Waals surface area contributed by atoms with Crippen LogP contribution in [0.4, 0.5) is 10.8 Å². The van der Waals surface area contributed by atoms with Crippen LogP contribution < -0.4 is 4.90 Å². The van der Waals surface area contributed by atoms with Crippen molar-refractivity contribution in [3.8, 4) is 0 Å². The first kappa shape index (κ1) is 21.7. The highest BCUT2D eigenvalue weighted by Crippen LogP contribution is 2.32. The van der Waals surface area contributed by atoms with Gasteiger partial charge < -0.3 is 4.74 Å². The van der Waals surface area contributed by atoms with Gasteiger partial charge in [0.15, 0.2) is 5.13 Å². The lowest BCUT2D eigenvalue weighted by Gasteiger charge is -2.21. The molecule has 0 fully saturated rings. The van der Waals surface area contributed by atoms with Gasteiger partial charge >= 0.3 is 5.97 Å². The number of hydrogen-bond acceptors (Lipinski definition) is 6. The van der Waals surface area contributed by atoms with E-state index < -0.39 is 0 Å². The molecule has 1 amide bonds. The van der Waals surface area contributed by atoms with Crippen molar-refractivity contribution >= 4 is 34.0 Å². The summed E-state index contributed by atoms with van der Waals surface area (Å²) in [5, 5.41) is 6.69. The van der Waals surface area contributed by atoms with E-state index >= 15 is 0 Å². The van der Waals surface area contributed by atoms with Crippen molar-refractivity contribution in [3.05, 3.63) is 57.4 Å². The summed E-state index contributed by atoms with van der Waals surface area (Å²) in [5.41, 5.74) is 6.21. The fourth-order valence-corrected chi connectivity index (χ4v) is 4.14. The largest absolute Gasteiger partial charge is 0.459 e. The Hall–Kier alpha value is -3.00. The van der Waals surface area contributed by atoms with Crippen molar-refractivity contribution in [3.63, 3.8) is 0 Å². The lowest BCUT2D eigenvalue weighted by atomic mass is 10.1. The fraction of sp³-hybridized carbons (Fsp3) is 0.364. The zero-order valence-electron chi connectivity index (χ0n) is 18.1. The molecular weight excluding hydrogens is 400 g/mol. The number of amides is 1. The highest BCUT2D eigenvalue weighted by Gasteiger charge is 2.21. The van der Waals surface area contributed by atoms with E-state index in [2.05, 4.69) is 10.1 Å². The number of esters is 1. The molecule has 0 bridgehead atoms. The van der Waals surface area contributed by atoms with Crippen LogP contribution in [0.3, 0.4) is 0 Å². The van der Waals surface area contributed by atoms with E-state index in [1.165, 1.54) is 18.3 Å². The maximum Gasteiger partial charge on any atom is 0.310 e. The Labute approximate surface area is 180 Å². The van der Waals surface area contributed by atoms with Gasteiger partial charge in [-0.1, -0.05) is 12.1 Å². The molecule has 2 heterocycles. The zero-order valence-corrected chi connectivity index (χ0v) is 19.0. The lowest BCUT2D eigenvalue weighted by Crippen LogP contribution is -2.23. The van der Waals surface area contributed by atoms with Gasteiger partial charge in [-0.25, -0.2) is 4.98 Å². The number of hydrogen-bond donors (Lipinski definition) is 0. The summed E-state index contributed by atoms with van der Waals surface area (Å²) in [7, 11) is 1.85. The maximum atomic E-state index is 12.4. The van der Waals surface area contributed by atoms with Crippen LogP contribution in [0.1, 0.15) is 40.7 Å². The minimum Gasteiger partial charge on any atom is -0.459 e. The molecule has 0 saturated carbocycles. The van der Waals surface area contributed by atoms with Gasteiger partial charge in [-0.2, -0.15) is 5.10 Å². The first-order valence-corrected chi connectivity index (χ1v) is 10.5. The van der Waals surface area contributed by atoms with Gasteiger partial charge in [-0.05, 0) is 44.9 Å². The lowest BCUT2D eigenvalue weighted by molar-refractivity contribution is -0.144. The Kier molecular flexibility index (Phi) is 6.36. The van der Waals surface area contributed by atoms with Gasteiger partial charge in [0.1, 0.15) is 6.61 Å². The average molecular weight is 427 g/mol. The second-order valence-electron chi connectivity index (χ2n) is 7.31. The molecule has 158 valence electrons. The zero-order chi connectivity index (χ0) is 22.0. The molecule has 0 unspecified atom stereocenters. The Balaban J connectivity index is 1.71. The van der Waals surface area contributed by atoms with E-state index in [0.29, 0.717) is 10.8 Å². The molecule has 0 N–H and O–H groups in total. The third kappa shape index (κ3) is 4.43. The monoisotopic (exact) mass is 426 g/mol. The van der Waals surface area contributed by atoms with Crippen LogP contribution in [0.2, 0.25) is 0 Å². The van der Waals surface area contributed by atoms with Gasteiger partial charge in [-0.15, -0.1) is 11.3 Å². The molecule has 3 aromatic rings. The van der Waals surface area contributed by atoms with Crippen LogP contribution >= 0.6 is 11.3 Å². The number of ether oxygens (including phenoxy) is 1. The first-order valence-electron chi connectivity index (χ1n) is 9.65. The first-order chi connectivity index (χ1) is 14.2. The highest BCUT2D eigenvalue weighted by atomic mass is 32.1. The van der Waals surface area contributed by atoms with Crippen molar-refractivity contribution in [2.45, 2.75) is 47.6 Å². The molecule has 0 aliphatic rings. The van der Waals surface area contributed by atoms with Gasteiger partial charge in [0, 0.05) is 30.6 Å². The molecule has 0 atom stereocenters. The second-order valence-corrected chi connectivity index (χ2v) is 8.14. The highest BCUT2D eigenvalue weighted by molar-refractivity contribution is 7.14. The third-order valence-corrected chi connectivity index (χ3v) is 6.10. The van der Waals surface area contributed by atoms with Crippen LogP contribution in [0.15, 0.2) is 23.6 Å². The van der Waals surface area contributed by atoms with Crippen molar-refractivity contribution in [1.29, 1.82) is 0 Å². The predicted molar refractivity (Wildman–Crippen MR) is 117 cm³/mol. The number of carbonyl (C=O) groups excluding carboxylic acids is 2. The molecule has 8 heteroatoms. The number of aromatic nitrogens is 3. The molecular formula is C22H26N4O3S. The average Bonchev–Trinajstić information content (AvgIpc) is 3.23. The Morgan fingerprint density at radius 1 is 1.20 bits per heavy atom. The molecule has 2 aromatic heterocycles. The van der Waals surface area contributed by atoms with Crippen molar-refractivity contribution in [2.75, 3.05) is 4.90 Å². The van der Waals surface area contributed by atoms with Crippen LogP contribution in [-0.2, 0) is 34.4 Å². The van der Waals surface area contributed by atoms with E-state index in [-0.39, 0.29) is 24.9 Å². The summed E-state index contributed by atoms with van der Waals surface area (Å²) in [6, 6.07) is 5.84. The fourth-order valence-electron chi connectivity index (χ4n) is 3.27. The number of carbonyl (C=O) groups is 2. The number of nitrogens with zero attached hydrogens (tertiary/aromatic N) is 4. The number of anilines is 2. The molecule has 0 aliphatic heterocycles. The summed E-state index contributed by atoms with van der Waals surface area (Å²) >= 11 is 1.35. The summed E-state index contributed by atoms with van der Waals surface area (Å²) in [4.78, 5) is 30.8. The quantitative estimate of drug-likeness (QED) is 0.555. The predicted octanol–water partition coefficient (Wildman–Crippen LogP) is 4.08. The molecule has 0 spiro atoms. The van der Waals surface area contributed by atoms with E-state index in [1.54, 1.807) is 9.58 Å². The summed E-state index contributed by atoms with van der Waals surface area (Å²) in [6.45, 7) is 9.38. The molecule has 3 rings (SSSR count). The normalized spacial score (nSPS) is 10.9. The maximum absolute atomic E-state index is 12.4.